The van der Waals surface area contributed by atoms with Crippen molar-refractivity contribution in [1.82, 2.24) is 30.1 Å². The summed E-state index contributed by atoms with van der Waals surface area (Å²) in [6.07, 6.45) is 5.76. The minimum atomic E-state index is -2.97. The summed E-state index contributed by atoms with van der Waals surface area (Å²) in [6, 6.07) is 5.29. The van der Waals surface area contributed by atoms with E-state index in [4.69, 9.17) is 5.26 Å². The van der Waals surface area contributed by atoms with Crippen molar-refractivity contribution < 1.29 is 13.6 Å². The van der Waals surface area contributed by atoms with Crippen LogP contribution in [-0.2, 0) is 17.1 Å². The number of imidazole rings is 1. The summed E-state index contributed by atoms with van der Waals surface area (Å²) in [5.74, 6) is -2.65. The highest BCUT2D eigenvalue weighted by atomic mass is 19.3. The molecular formula is C24H31F2N7O. The fourth-order valence-corrected chi connectivity index (χ4v) is 4.17. The Morgan fingerprint density at radius 2 is 2.21 bits per heavy atom. The minimum absolute atomic E-state index is 0.000410. The molecule has 1 fully saturated rings. The quantitative estimate of drug-likeness (QED) is 0.574. The molecule has 10 heteroatoms. The zero-order chi connectivity index (χ0) is 24.9. The van der Waals surface area contributed by atoms with Gasteiger partial charge in [0.25, 0.3) is 5.92 Å². The molecule has 0 saturated carbocycles. The van der Waals surface area contributed by atoms with Gasteiger partial charge < -0.3 is 15.2 Å². The molecule has 3 heterocycles. The molecular weight excluding hydrogens is 440 g/mol. The Balaban J connectivity index is 1.81. The average Bonchev–Trinajstić information content (AvgIpc) is 3.29. The summed E-state index contributed by atoms with van der Waals surface area (Å²) < 4.78 is 27.0. The second-order valence-corrected chi connectivity index (χ2v) is 8.51. The number of amides is 1. The molecule has 0 bridgehead atoms. The van der Waals surface area contributed by atoms with Crippen LogP contribution in [0.1, 0.15) is 56.0 Å². The molecule has 182 valence electrons. The van der Waals surface area contributed by atoms with Crippen LogP contribution in [0.2, 0.25) is 0 Å². The largest absolute Gasteiger partial charge is 0.363 e. The van der Waals surface area contributed by atoms with Gasteiger partial charge in [-0.15, -0.1) is 0 Å². The third-order valence-electron chi connectivity index (χ3n) is 6.21. The molecule has 1 amide bonds. The first-order valence-corrected chi connectivity index (χ1v) is 11.4. The fraction of sp³-hybridized carbons (Fsp3) is 0.500. The number of likely N-dealkylation sites (N-methyl/N-ethyl adjacent to an activating group) is 1. The van der Waals surface area contributed by atoms with Gasteiger partial charge in [0.2, 0.25) is 5.91 Å². The number of carbonyl (C=O) groups excluding carboxylic acids is 1. The summed E-state index contributed by atoms with van der Waals surface area (Å²) in [4.78, 5) is 28.3. The van der Waals surface area contributed by atoms with Gasteiger partial charge in [-0.2, -0.15) is 14.0 Å². The fourth-order valence-electron chi connectivity index (χ4n) is 4.17. The van der Waals surface area contributed by atoms with Crippen LogP contribution in [-0.4, -0.2) is 63.4 Å². The molecule has 0 aliphatic carbocycles. The van der Waals surface area contributed by atoms with Crippen LogP contribution in [0.3, 0.4) is 0 Å². The van der Waals surface area contributed by atoms with Crippen molar-refractivity contribution >= 4 is 11.6 Å². The van der Waals surface area contributed by atoms with Crippen LogP contribution in [0.4, 0.5) is 8.78 Å². The zero-order valence-corrected chi connectivity index (χ0v) is 20.0. The number of halogens is 2. The van der Waals surface area contributed by atoms with Crippen LogP contribution >= 0.6 is 0 Å². The predicted molar refractivity (Wildman–Crippen MR) is 125 cm³/mol. The second-order valence-electron chi connectivity index (χ2n) is 8.51. The van der Waals surface area contributed by atoms with Crippen molar-refractivity contribution in [3.8, 4) is 6.07 Å². The molecule has 1 aliphatic rings. The number of hydrogen-bond acceptors (Lipinski definition) is 6. The van der Waals surface area contributed by atoms with Gasteiger partial charge in [0.05, 0.1) is 23.9 Å². The topological polar surface area (TPSA) is 101 Å². The van der Waals surface area contributed by atoms with E-state index in [0.717, 1.165) is 25.5 Å². The van der Waals surface area contributed by atoms with Crippen LogP contribution in [0.5, 0.6) is 0 Å². The predicted octanol–water partition coefficient (Wildman–Crippen LogP) is 3.23. The molecule has 2 N–H and O–H groups in total. The monoisotopic (exact) mass is 471 g/mol. The number of hydrogen-bond donors (Lipinski definition) is 2. The number of nitrogens with zero attached hydrogens (tertiary/aromatic N) is 5. The number of aromatic nitrogens is 3. The van der Waals surface area contributed by atoms with Crippen LogP contribution < -0.4 is 5.32 Å². The molecule has 1 saturated heterocycles. The van der Waals surface area contributed by atoms with Crippen molar-refractivity contribution in [2.75, 3.05) is 26.7 Å². The lowest BCUT2D eigenvalue weighted by Crippen LogP contribution is -2.52. The standard InChI is InChI=1S/C24H31F2N7O/c1-5-19-15-32(16(2)17-6-7-21(29-13-17)24(3,25)26)10-11-33(19)20(12-22(34)28-4)23-30-14-18(31-23)8-9-27/h6-7,12-14,16,19H,5,8,10-11,15H2,1-4H3,(H,28,34)(H,30,31)/b20-12+/t16?,19-/m0/s1. The number of alkyl halides is 2. The first-order chi connectivity index (χ1) is 16.2. The Bertz CT molecular complexity index is 1050. The van der Waals surface area contributed by atoms with Gasteiger partial charge >= 0.3 is 0 Å². The van der Waals surface area contributed by atoms with Gasteiger partial charge in [0.1, 0.15) is 5.69 Å². The van der Waals surface area contributed by atoms with Gasteiger partial charge in [-0.25, -0.2) is 4.98 Å². The number of nitrogens with one attached hydrogen (secondary N) is 2. The molecule has 8 nitrogen and oxygen atoms in total. The van der Waals surface area contributed by atoms with E-state index < -0.39 is 5.92 Å². The highest BCUT2D eigenvalue weighted by Crippen LogP contribution is 2.30. The molecule has 1 aliphatic heterocycles. The second kappa shape index (κ2) is 10.7. The van der Waals surface area contributed by atoms with E-state index in [-0.39, 0.29) is 30.1 Å². The Hall–Kier alpha value is -3.32. The van der Waals surface area contributed by atoms with Gasteiger partial charge in [0.15, 0.2) is 5.82 Å². The van der Waals surface area contributed by atoms with E-state index in [1.165, 1.54) is 18.3 Å². The molecule has 1 unspecified atom stereocenters. The number of pyridine rings is 1. The summed E-state index contributed by atoms with van der Waals surface area (Å²) in [5, 5.41) is 11.6. The number of rotatable bonds is 8. The third kappa shape index (κ3) is 5.78. The molecule has 3 rings (SSSR count). The van der Waals surface area contributed by atoms with E-state index >= 15 is 0 Å². The van der Waals surface area contributed by atoms with Crippen molar-refractivity contribution in [3.63, 3.8) is 0 Å². The first-order valence-electron chi connectivity index (χ1n) is 11.4. The van der Waals surface area contributed by atoms with Gasteiger partial charge in [0, 0.05) is 64.2 Å². The van der Waals surface area contributed by atoms with Crippen molar-refractivity contribution in [2.45, 2.75) is 51.6 Å². The van der Waals surface area contributed by atoms with Gasteiger partial charge in [-0.3, -0.25) is 14.7 Å². The lowest BCUT2D eigenvalue weighted by atomic mass is 10.0. The number of aromatic amines is 1. The van der Waals surface area contributed by atoms with Crippen LogP contribution in [0.15, 0.2) is 30.6 Å². The lowest BCUT2D eigenvalue weighted by Gasteiger charge is -2.45. The van der Waals surface area contributed by atoms with E-state index in [9.17, 15) is 13.6 Å². The Morgan fingerprint density at radius 3 is 2.79 bits per heavy atom. The summed E-state index contributed by atoms with van der Waals surface area (Å²) in [7, 11) is 1.57. The Morgan fingerprint density at radius 1 is 1.44 bits per heavy atom. The summed E-state index contributed by atoms with van der Waals surface area (Å²) >= 11 is 0. The molecule has 2 aromatic rings. The highest BCUT2D eigenvalue weighted by Gasteiger charge is 2.32. The number of carbonyl (C=O) groups is 1. The van der Waals surface area contributed by atoms with Crippen molar-refractivity contribution in [2.24, 2.45) is 0 Å². The normalized spacial score (nSPS) is 18.4. The van der Waals surface area contributed by atoms with E-state index in [0.29, 0.717) is 30.3 Å². The first kappa shape index (κ1) is 25.3. The van der Waals surface area contributed by atoms with Crippen LogP contribution in [0.25, 0.3) is 5.70 Å². The molecule has 0 radical (unpaired) electrons. The summed E-state index contributed by atoms with van der Waals surface area (Å²) in [5.41, 5.74) is 1.94. The third-order valence-corrected chi connectivity index (χ3v) is 6.21. The average molecular weight is 472 g/mol. The highest BCUT2D eigenvalue weighted by molar-refractivity contribution is 5.94. The van der Waals surface area contributed by atoms with Gasteiger partial charge in [-0.05, 0) is 25.0 Å². The molecule has 0 spiro atoms. The van der Waals surface area contributed by atoms with Crippen molar-refractivity contribution in [3.05, 3.63) is 53.4 Å². The maximum atomic E-state index is 13.5. The Labute approximate surface area is 198 Å². The smallest absolute Gasteiger partial charge is 0.286 e. The summed E-state index contributed by atoms with van der Waals surface area (Å²) in [6.45, 7) is 7.06. The molecule has 2 aromatic heterocycles. The number of piperazine rings is 1. The lowest BCUT2D eigenvalue weighted by molar-refractivity contribution is -0.116. The SMILES string of the molecule is CC[C@H]1CN(C(C)c2ccc(C(C)(F)F)nc2)CCN1/C(=C/C(=O)NC)c1nc(CC#N)c[nH]1. The van der Waals surface area contributed by atoms with E-state index in [1.807, 2.05) is 6.92 Å². The van der Waals surface area contributed by atoms with E-state index in [2.05, 4.69) is 43.1 Å². The maximum absolute atomic E-state index is 13.5. The number of H-pyrrole nitrogens is 1. The zero-order valence-electron chi connectivity index (χ0n) is 20.0. The molecule has 0 aromatic carbocycles. The maximum Gasteiger partial charge on any atom is 0.286 e. The van der Waals surface area contributed by atoms with Crippen molar-refractivity contribution in [1.29, 1.82) is 5.26 Å². The van der Waals surface area contributed by atoms with Crippen LogP contribution in [0, 0.1) is 11.3 Å². The molecule has 2 atom stereocenters. The van der Waals surface area contributed by atoms with E-state index in [1.54, 1.807) is 19.3 Å². The Kier molecular flexibility index (Phi) is 7.99. The number of nitriles is 1. The molecule has 34 heavy (non-hydrogen) atoms. The minimum Gasteiger partial charge on any atom is -0.363 e. The van der Waals surface area contributed by atoms with Gasteiger partial charge in [-0.1, -0.05) is 13.0 Å².